The maximum atomic E-state index is 13.4. The highest BCUT2D eigenvalue weighted by molar-refractivity contribution is 8.26. The third-order valence-electron chi connectivity index (χ3n) is 7.77. The van der Waals surface area contributed by atoms with Crippen molar-refractivity contribution in [2.24, 2.45) is 23.2 Å². The van der Waals surface area contributed by atoms with E-state index in [9.17, 15) is 9.59 Å². The summed E-state index contributed by atoms with van der Waals surface area (Å²) in [7, 11) is 3.18. The zero-order valence-corrected chi connectivity index (χ0v) is 21.2. The van der Waals surface area contributed by atoms with Gasteiger partial charge < -0.3 is 9.47 Å². The van der Waals surface area contributed by atoms with Crippen molar-refractivity contribution < 1.29 is 19.1 Å². The van der Waals surface area contributed by atoms with Gasteiger partial charge in [0.05, 0.1) is 24.5 Å². The van der Waals surface area contributed by atoms with Crippen molar-refractivity contribution in [2.45, 2.75) is 44.9 Å². The summed E-state index contributed by atoms with van der Waals surface area (Å²) < 4.78 is 11.3. The van der Waals surface area contributed by atoms with Gasteiger partial charge in [-0.1, -0.05) is 17.8 Å². The van der Waals surface area contributed by atoms with Gasteiger partial charge in [-0.05, 0) is 98.7 Å². The van der Waals surface area contributed by atoms with Gasteiger partial charge in [0.2, 0.25) is 5.91 Å². The number of amides is 2. The Hall–Kier alpha value is -2.32. The van der Waals surface area contributed by atoms with E-state index in [-0.39, 0.29) is 17.2 Å². The van der Waals surface area contributed by atoms with E-state index in [1.807, 2.05) is 12.1 Å². The Morgan fingerprint density at radius 3 is 2.41 bits per heavy atom. The summed E-state index contributed by atoms with van der Waals surface area (Å²) in [5.74, 6) is 2.85. The van der Waals surface area contributed by atoms with E-state index in [0.717, 1.165) is 30.4 Å². The van der Waals surface area contributed by atoms with Crippen LogP contribution in [-0.2, 0) is 16.0 Å². The molecule has 8 heteroatoms. The first-order chi connectivity index (χ1) is 16.4. The minimum absolute atomic E-state index is 0.0384. The Bertz CT molecular complexity index is 1060. The van der Waals surface area contributed by atoms with E-state index in [4.69, 9.17) is 21.7 Å². The number of methoxy groups -OCH3 is 2. The van der Waals surface area contributed by atoms with E-state index < -0.39 is 0 Å². The SMILES string of the molecule is C=CCc1cc(/C=C2/SC(=S)N(NC(=O)C34CC5CC(CC(C5)C3)C4)C2=O)cc(OC)c1OC. The van der Waals surface area contributed by atoms with E-state index in [0.29, 0.717) is 44.9 Å². The van der Waals surface area contributed by atoms with Crippen LogP contribution in [0.3, 0.4) is 0 Å². The second-order valence-corrected chi connectivity index (χ2v) is 11.7. The van der Waals surface area contributed by atoms with E-state index in [2.05, 4.69) is 12.0 Å². The normalized spacial score (nSPS) is 30.7. The molecule has 2 amide bonds. The molecule has 6 nitrogen and oxygen atoms in total. The molecule has 0 unspecified atom stereocenters. The molecule has 0 aromatic heterocycles. The number of ether oxygens (including phenoxy) is 2. The molecule has 0 spiro atoms. The number of rotatable bonds is 7. The van der Waals surface area contributed by atoms with Crippen molar-refractivity contribution in [3.8, 4) is 11.5 Å². The number of thioether (sulfide) groups is 1. The third kappa shape index (κ3) is 4.05. The maximum Gasteiger partial charge on any atom is 0.285 e. The summed E-state index contributed by atoms with van der Waals surface area (Å²) in [5, 5.41) is 1.26. The predicted molar refractivity (Wildman–Crippen MR) is 137 cm³/mol. The fourth-order valence-corrected chi connectivity index (χ4v) is 7.96. The van der Waals surface area contributed by atoms with Gasteiger partial charge in [0.25, 0.3) is 5.91 Å². The van der Waals surface area contributed by atoms with E-state index in [1.54, 1.807) is 26.4 Å². The van der Waals surface area contributed by atoms with Crippen LogP contribution in [0, 0.1) is 23.2 Å². The van der Waals surface area contributed by atoms with Crippen molar-refractivity contribution in [3.05, 3.63) is 40.8 Å². The first-order valence-electron chi connectivity index (χ1n) is 11.8. The van der Waals surface area contributed by atoms with Crippen molar-refractivity contribution >= 4 is 46.2 Å². The Morgan fingerprint density at radius 2 is 1.85 bits per heavy atom. The number of allylic oxidation sites excluding steroid dienone is 1. The fraction of sp³-hybridized carbons (Fsp3) is 0.500. The second kappa shape index (κ2) is 9.04. The standard InChI is InChI=1S/C26H30N2O4S2/c1-4-5-19-9-15(10-20(31-2)22(19)32-3)11-21-23(29)28(25(33)34-21)27-24(30)26-12-16-6-17(13-26)8-18(7-16)14-26/h4,9-11,16-18H,1,5-8,12-14H2,2-3H3,(H,27,30)/b21-11+. The molecule has 4 bridgehead atoms. The second-order valence-electron chi connectivity index (χ2n) is 10.1. The molecule has 5 fully saturated rings. The van der Waals surface area contributed by atoms with Crippen molar-refractivity contribution in [1.82, 2.24) is 10.4 Å². The first-order valence-corrected chi connectivity index (χ1v) is 13.0. The molecule has 4 saturated carbocycles. The summed E-state index contributed by atoms with van der Waals surface area (Å²) in [6, 6.07) is 3.77. The van der Waals surface area contributed by atoms with Crippen LogP contribution in [0.15, 0.2) is 29.7 Å². The summed E-state index contributed by atoms with van der Waals surface area (Å²) in [4.78, 5) is 27.1. The minimum atomic E-state index is -0.343. The Balaban J connectivity index is 1.36. The maximum absolute atomic E-state index is 13.4. The van der Waals surface area contributed by atoms with Crippen molar-refractivity contribution in [2.75, 3.05) is 14.2 Å². The summed E-state index contributed by atoms with van der Waals surface area (Å²) in [6.07, 6.45) is 10.8. The van der Waals surface area contributed by atoms with Crippen molar-refractivity contribution in [1.29, 1.82) is 0 Å². The number of carbonyl (C=O) groups excluding carboxylic acids is 2. The Morgan fingerprint density at radius 1 is 1.21 bits per heavy atom. The number of nitrogens with zero attached hydrogens (tertiary/aromatic N) is 1. The molecule has 1 N–H and O–H groups in total. The number of benzene rings is 1. The van der Waals surface area contributed by atoms with Crippen LogP contribution in [0.1, 0.15) is 49.7 Å². The summed E-state index contributed by atoms with van der Waals surface area (Å²) >= 11 is 6.68. The van der Waals surface area contributed by atoms with E-state index in [1.165, 1.54) is 36.0 Å². The van der Waals surface area contributed by atoms with Gasteiger partial charge in [0, 0.05) is 5.56 Å². The molecular formula is C26H30N2O4S2. The molecule has 4 aliphatic carbocycles. The van der Waals surface area contributed by atoms with Gasteiger partial charge >= 0.3 is 0 Å². The Labute approximate surface area is 210 Å². The van der Waals surface area contributed by atoms with Crippen LogP contribution < -0.4 is 14.9 Å². The number of hydrogen-bond donors (Lipinski definition) is 1. The monoisotopic (exact) mass is 498 g/mol. The summed E-state index contributed by atoms with van der Waals surface area (Å²) in [6.45, 7) is 3.81. The quantitative estimate of drug-likeness (QED) is 0.328. The number of thiocarbonyl (C=S) groups is 1. The van der Waals surface area contributed by atoms with Crippen LogP contribution in [-0.4, -0.2) is 35.4 Å². The van der Waals surface area contributed by atoms with Crippen LogP contribution in [0.5, 0.6) is 11.5 Å². The lowest BCUT2D eigenvalue weighted by molar-refractivity contribution is -0.152. The van der Waals surface area contributed by atoms with E-state index >= 15 is 0 Å². The summed E-state index contributed by atoms with van der Waals surface area (Å²) in [5.41, 5.74) is 4.27. The molecule has 1 aliphatic heterocycles. The fourth-order valence-electron chi connectivity index (χ4n) is 6.78. The van der Waals surface area contributed by atoms with Gasteiger partial charge in [-0.25, -0.2) is 0 Å². The minimum Gasteiger partial charge on any atom is -0.493 e. The van der Waals surface area contributed by atoms with Gasteiger partial charge in [-0.2, -0.15) is 5.01 Å². The molecule has 0 atom stereocenters. The number of hydrazine groups is 1. The highest BCUT2D eigenvalue weighted by atomic mass is 32.2. The molecule has 1 aromatic rings. The lowest BCUT2D eigenvalue weighted by Crippen LogP contribution is -2.57. The van der Waals surface area contributed by atoms with Gasteiger partial charge in [0.15, 0.2) is 15.8 Å². The molecule has 5 aliphatic rings. The number of hydrogen-bond acceptors (Lipinski definition) is 6. The highest BCUT2D eigenvalue weighted by Crippen LogP contribution is 2.60. The zero-order valence-electron chi connectivity index (χ0n) is 19.6. The first kappa shape index (κ1) is 23.4. The van der Waals surface area contributed by atoms with Crippen LogP contribution in [0.25, 0.3) is 6.08 Å². The molecule has 6 rings (SSSR count). The molecule has 0 radical (unpaired) electrons. The third-order valence-corrected chi connectivity index (χ3v) is 9.07. The molecule has 34 heavy (non-hydrogen) atoms. The van der Waals surface area contributed by atoms with Crippen LogP contribution in [0.2, 0.25) is 0 Å². The zero-order chi connectivity index (χ0) is 24.0. The molecule has 1 saturated heterocycles. The van der Waals surface area contributed by atoms with Crippen LogP contribution in [0.4, 0.5) is 0 Å². The highest BCUT2D eigenvalue weighted by Gasteiger charge is 2.55. The predicted octanol–water partition coefficient (Wildman–Crippen LogP) is 4.88. The lowest BCUT2D eigenvalue weighted by Gasteiger charge is -2.55. The largest absolute Gasteiger partial charge is 0.493 e. The van der Waals surface area contributed by atoms with Crippen LogP contribution >= 0.6 is 24.0 Å². The Kier molecular flexibility index (Phi) is 6.23. The smallest absolute Gasteiger partial charge is 0.285 e. The average molecular weight is 499 g/mol. The molecular weight excluding hydrogens is 468 g/mol. The van der Waals surface area contributed by atoms with Gasteiger partial charge in [0.1, 0.15) is 0 Å². The van der Waals surface area contributed by atoms with Crippen molar-refractivity contribution in [3.63, 3.8) is 0 Å². The molecule has 180 valence electrons. The van der Waals surface area contributed by atoms with Gasteiger partial charge in [-0.15, -0.1) is 6.58 Å². The number of nitrogens with one attached hydrogen (secondary N) is 1. The topological polar surface area (TPSA) is 67.9 Å². The average Bonchev–Trinajstić information content (AvgIpc) is 3.05. The molecule has 1 aromatic carbocycles. The lowest BCUT2D eigenvalue weighted by atomic mass is 9.49. The molecule has 1 heterocycles. The number of carbonyl (C=O) groups is 2. The van der Waals surface area contributed by atoms with Gasteiger partial charge in [-0.3, -0.25) is 15.0 Å².